The highest BCUT2D eigenvalue weighted by Gasteiger charge is 2.10. The second-order valence-corrected chi connectivity index (χ2v) is 5.50. The molecule has 0 amide bonds. The molecular weight excluding hydrogens is 334 g/mol. The Balaban J connectivity index is 2.03. The van der Waals surface area contributed by atoms with Crippen molar-refractivity contribution in [1.29, 1.82) is 0 Å². The summed E-state index contributed by atoms with van der Waals surface area (Å²) in [6.45, 7) is 0.249. The zero-order chi connectivity index (χ0) is 14.8. The van der Waals surface area contributed by atoms with Crippen LogP contribution in [0.5, 0.6) is 0 Å². The summed E-state index contributed by atoms with van der Waals surface area (Å²) in [5, 5.41) is 2.57. The summed E-state index contributed by atoms with van der Waals surface area (Å²) in [5.41, 5.74) is 0.712. The first-order chi connectivity index (χ1) is 10.1. The molecule has 21 heavy (non-hydrogen) atoms. The van der Waals surface area contributed by atoms with Crippen molar-refractivity contribution in [3.05, 3.63) is 85.6 Å². The molecule has 0 fully saturated rings. The summed E-state index contributed by atoms with van der Waals surface area (Å²) < 4.78 is 3.33. The zero-order valence-electron chi connectivity index (χ0n) is 11.0. The third-order valence-corrected chi connectivity index (χ3v) is 3.67. The summed E-state index contributed by atoms with van der Waals surface area (Å²) in [6, 6.07) is 16.5. The van der Waals surface area contributed by atoms with Gasteiger partial charge in [-0.2, -0.15) is 0 Å². The largest absolute Gasteiger partial charge is 0.352 e. The third kappa shape index (κ3) is 2.75. The van der Waals surface area contributed by atoms with E-state index in [1.165, 1.54) is 9.25 Å². The highest BCUT2D eigenvalue weighted by atomic mass is 79.9. The number of aromatic nitrogens is 3. The van der Waals surface area contributed by atoms with E-state index in [9.17, 15) is 9.59 Å². The van der Waals surface area contributed by atoms with Gasteiger partial charge in [0.25, 0.3) is 0 Å². The van der Waals surface area contributed by atoms with E-state index in [1.54, 1.807) is 12.1 Å². The number of nitrogens with zero attached hydrogens (tertiary/aromatic N) is 2. The van der Waals surface area contributed by atoms with Gasteiger partial charge in [0, 0.05) is 4.47 Å². The van der Waals surface area contributed by atoms with E-state index in [4.69, 9.17) is 0 Å². The number of H-pyrrole nitrogens is 1. The first-order valence-corrected chi connectivity index (χ1v) is 7.16. The first kappa shape index (κ1) is 13.6. The number of hydrogen-bond acceptors (Lipinski definition) is 2. The van der Waals surface area contributed by atoms with Gasteiger partial charge in [0.2, 0.25) is 0 Å². The van der Waals surface area contributed by atoms with E-state index in [-0.39, 0.29) is 12.2 Å². The Bertz CT molecular complexity index is 860. The molecular formula is C15H12BrN3O2. The van der Waals surface area contributed by atoms with Crippen LogP contribution in [0.2, 0.25) is 0 Å². The second-order valence-electron chi connectivity index (χ2n) is 4.58. The molecule has 1 aromatic heterocycles. The number of benzene rings is 2. The van der Waals surface area contributed by atoms with Crippen LogP contribution in [0.1, 0.15) is 5.56 Å². The van der Waals surface area contributed by atoms with Crippen LogP contribution in [0.15, 0.2) is 68.7 Å². The van der Waals surface area contributed by atoms with Gasteiger partial charge in [-0.1, -0.05) is 46.3 Å². The van der Waals surface area contributed by atoms with Crippen molar-refractivity contribution in [2.24, 2.45) is 0 Å². The molecule has 0 spiro atoms. The van der Waals surface area contributed by atoms with Crippen LogP contribution in [0.4, 0.5) is 0 Å². The molecule has 1 heterocycles. The van der Waals surface area contributed by atoms with Crippen molar-refractivity contribution in [3.63, 3.8) is 0 Å². The Hall–Kier alpha value is -2.34. The minimum absolute atomic E-state index is 0.249. The molecule has 5 nitrogen and oxygen atoms in total. The van der Waals surface area contributed by atoms with Crippen LogP contribution < -0.4 is 11.4 Å². The maximum atomic E-state index is 12.4. The van der Waals surface area contributed by atoms with Crippen LogP contribution in [-0.2, 0) is 6.54 Å². The van der Waals surface area contributed by atoms with Gasteiger partial charge in [0.15, 0.2) is 0 Å². The fraction of sp³-hybridized carbons (Fsp3) is 0.0667. The van der Waals surface area contributed by atoms with Gasteiger partial charge < -0.3 is 0 Å². The molecule has 6 heteroatoms. The molecule has 0 aliphatic heterocycles. The number of aromatic amines is 1. The predicted molar refractivity (Wildman–Crippen MR) is 83.9 cm³/mol. The molecule has 2 aromatic carbocycles. The monoisotopic (exact) mass is 345 g/mol. The van der Waals surface area contributed by atoms with Gasteiger partial charge in [-0.3, -0.25) is 0 Å². The number of hydrogen-bond donors (Lipinski definition) is 1. The lowest BCUT2D eigenvalue weighted by Gasteiger charge is -2.01. The van der Waals surface area contributed by atoms with Crippen molar-refractivity contribution in [1.82, 2.24) is 14.3 Å². The van der Waals surface area contributed by atoms with E-state index in [2.05, 4.69) is 21.0 Å². The Morgan fingerprint density at radius 1 is 0.952 bits per heavy atom. The Labute approximate surface area is 128 Å². The molecule has 0 saturated carbocycles. The lowest BCUT2D eigenvalue weighted by Crippen LogP contribution is -2.28. The number of nitrogens with one attached hydrogen (secondary N) is 1. The van der Waals surface area contributed by atoms with Gasteiger partial charge in [-0.15, -0.1) is 0 Å². The van der Waals surface area contributed by atoms with Crippen LogP contribution >= 0.6 is 15.9 Å². The van der Waals surface area contributed by atoms with E-state index in [0.717, 1.165) is 10.0 Å². The quantitative estimate of drug-likeness (QED) is 0.790. The molecule has 0 radical (unpaired) electrons. The number of halogens is 1. The van der Waals surface area contributed by atoms with Crippen LogP contribution in [0, 0.1) is 0 Å². The van der Waals surface area contributed by atoms with E-state index < -0.39 is 5.69 Å². The molecule has 0 aliphatic carbocycles. The summed E-state index contributed by atoms with van der Waals surface area (Å²) >= 11 is 3.34. The van der Waals surface area contributed by atoms with Gasteiger partial charge in [-0.05, 0) is 29.8 Å². The normalized spacial score (nSPS) is 10.7. The lowest BCUT2D eigenvalue weighted by molar-refractivity contribution is 0.723. The zero-order valence-corrected chi connectivity index (χ0v) is 12.6. The highest BCUT2D eigenvalue weighted by molar-refractivity contribution is 9.10. The third-order valence-electron chi connectivity index (χ3n) is 3.14. The first-order valence-electron chi connectivity index (χ1n) is 6.37. The molecule has 0 bridgehead atoms. The SMILES string of the molecule is O=c1[nH]n(-c2ccc(Br)cc2)c(=O)n1Cc1ccccc1. The average Bonchev–Trinajstić information content (AvgIpc) is 2.77. The highest BCUT2D eigenvalue weighted by Crippen LogP contribution is 2.11. The Kier molecular flexibility index (Phi) is 3.62. The summed E-state index contributed by atoms with van der Waals surface area (Å²) in [5.74, 6) is 0. The van der Waals surface area contributed by atoms with Crippen molar-refractivity contribution < 1.29 is 0 Å². The molecule has 0 saturated heterocycles. The van der Waals surface area contributed by atoms with Crippen molar-refractivity contribution in [3.8, 4) is 5.69 Å². The van der Waals surface area contributed by atoms with Gasteiger partial charge in [0.05, 0.1) is 12.2 Å². The van der Waals surface area contributed by atoms with Crippen LogP contribution in [-0.4, -0.2) is 14.3 Å². The summed E-state index contributed by atoms with van der Waals surface area (Å²) in [4.78, 5) is 24.3. The minimum Gasteiger partial charge on any atom is -0.246 e. The van der Waals surface area contributed by atoms with Crippen molar-refractivity contribution in [2.45, 2.75) is 6.54 Å². The second kappa shape index (κ2) is 5.57. The molecule has 3 aromatic rings. The van der Waals surface area contributed by atoms with Crippen LogP contribution in [0.25, 0.3) is 5.69 Å². The molecule has 0 unspecified atom stereocenters. The van der Waals surface area contributed by atoms with Gasteiger partial charge in [0.1, 0.15) is 0 Å². The van der Waals surface area contributed by atoms with E-state index in [1.807, 2.05) is 42.5 Å². The standard InChI is InChI=1S/C15H12BrN3O2/c16-12-6-8-13(9-7-12)19-15(21)18(14(20)17-19)10-11-4-2-1-3-5-11/h1-9H,10H2,(H,17,20). The molecule has 0 aliphatic rings. The molecule has 106 valence electrons. The lowest BCUT2D eigenvalue weighted by atomic mass is 10.2. The minimum atomic E-state index is -0.424. The van der Waals surface area contributed by atoms with Gasteiger partial charge >= 0.3 is 11.4 Å². The maximum absolute atomic E-state index is 12.4. The smallest absolute Gasteiger partial charge is 0.246 e. The molecule has 0 atom stereocenters. The van der Waals surface area contributed by atoms with Crippen LogP contribution in [0.3, 0.4) is 0 Å². The number of rotatable bonds is 3. The Morgan fingerprint density at radius 3 is 2.29 bits per heavy atom. The fourth-order valence-corrected chi connectivity index (χ4v) is 2.35. The topological polar surface area (TPSA) is 59.8 Å². The maximum Gasteiger partial charge on any atom is 0.352 e. The summed E-state index contributed by atoms with van der Waals surface area (Å²) in [7, 11) is 0. The predicted octanol–water partition coefficient (Wildman–Crippen LogP) is 2.14. The molecule has 3 rings (SSSR count). The van der Waals surface area contributed by atoms with E-state index >= 15 is 0 Å². The van der Waals surface area contributed by atoms with Gasteiger partial charge in [-0.25, -0.2) is 23.9 Å². The van der Waals surface area contributed by atoms with Crippen molar-refractivity contribution in [2.75, 3.05) is 0 Å². The average molecular weight is 346 g/mol. The van der Waals surface area contributed by atoms with E-state index in [0.29, 0.717) is 5.69 Å². The molecule has 1 N–H and O–H groups in total. The van der Waals surface area contributed by atoms with Crippen molar-refractivity contribution >= 4 is 15.9 Å². The Morgan fingerprint density at radius 2 is 1.62 bits per heavy atom. The summed E-state index contributed by atoms with van der Waals surface area (Å²) in [6.07, 6.45) is 0. The fourth-order valence-electron chi connectivity index (χ4n) is 2.08.